The molecule has 1 N–H and O–H groups in total. The van der Waals surface area contributed by atoms with Crippen LogP contribution in [0.25, 0.3) is 33.5 Å². The second-order valence-electron chi connectivity index (χ2n) is 8.71. The highest BCUT2D eigenvalue weighted by Crippen LogP contribution is 2.29. The lowest BCUT2D eigenvalue weighted by atomic mass is 9.82. The molecule has 1 radical (unpaired) electrons. The minimum atomic E-state index is -0.979. The van der Waals surface area contributed by atoms with Crippen molar-refractivity contribution in [3.05, 3.63) is 78.9 Å². The van der Waals surface area contributed by atoms with Crippen molar-refractivity contribution in [2.75, 3.05) is 0 Å². The molecule has 0 aliphatic rings. The molecular formula is C26H26BN2O2. The van der Waals surface area contributed by atoms with Gasteiger partial charge < -0.3 is 9.76 Å². The summed E-state index contributed by atoms with van der Waals surface area (Å²) in [6.07, 6.45) is 0. The Kier molecular flexibility index (Phi) is 5.65. The standard InChI is InChI=1S/C26H26BN2O2/c1-25(2,30)26(3,4)31-27-20-14-10-13-19(17-20)24-28-22-16-9-8-15-21(22)23(29-24)18-11-6-5-7-12-18/h5-17,30H,1-4H3. The van der Waals surface area contributed by atoms with Crippen molar-refractivity contribution >= 4 is 23.8 Å². The van der Waals surface area contributed by atoms with Crippen molar-refractivity contribution in [1.29, 1.82) is 0 Å². The number of hydrogen-bond acceptors (Lipinski definition) is 4. The van der Waals surface area contributed by atoms with Crippen LogP contribution in [0.2, 0.25) is 0 Å². The Hall–Kier alpha value is -3.02. The molecule has 0 bridgehead atoms. The van der Waals surface area contributed by atoms with Crippen LogP contribution in [0.1, 0.15) is 27.7 Å². The van der Waals surface area contributed by atoms with Crippen LogP contribution >= 0.6 is 0 Å². The Morgan fingerprint density at radius 3 is 2.19 bits per heavy atom. The summed E-state index contributed by atoms with van der Waals surface area (Å²) < 4.78 is 5.92. The van der Waals surface area contributed by atoms with Gasteiger partial charge in [0, 0.05) is 16.5 Å². The number of benzene rings is 3. The zero-order valence-corrected chi connectivity index (χ0v) is 18.3. The van der Waals surface area contributed by atoms with Gasteiger partial charge >= 0.3 is 7.48 Å². The lowest BCUT2D eigenvalue weighted by Gasteiger charge is -2.37. The van der Waals surface area contributed by atoms with Gasteiger partial charge in [0.15, 0.2) is 5.82 Å². The van der Waals surface area contributed by atoms with Gasteiger partial charge in [0.2, 0.25) is 0 Å². The van der Waals surface area contributed by atoms with Crippen LogP contribution in [0.4, 0.5) is 0 Å². The third kappa shape index (κ3) is 4.53. The molecule has 0 amide bonds. The van der Waals surface area contributed by atoms with E-state index in [0.717, 1.165) is 33.2 Å². The van der Waals surface area contributed by atoms with E-state index in [2.05, 4.69) is 18.2 Å². The van der Waals surface area contributed by atoms with E-state index >= 15 is 0 Å². The highest BCUT2D eigenvalue weighted by Gasteiger charge is 2.35. The van der Waals surface area contributed by atoms with E-state index in [1.807, 2.05) is 74.5 Å². The minimum absolute atomic E-state index is 0.662. The summed E-state index contributed by atoms with van der Waals surface area (Å²) in [5.74, 6) is 0.662. The smallest absolute Gasteiger partial charge is 0.330 e. The summed E-state index contributed by atoms with van der Waals surface area (Å²) in [7, 11) is 1.68. The number of nitrogens with zero attached hydrogens (tertiary/aromatic N) is 2. The van der Waals surface area contributed by atoms with Crippen molar-refractivity contribution in [2.24, 2.45) is 0 Å². The van der Waals surface area contributed by atoms with Gasteiger partial charge in [-0.1, -0.05) is 78.3 Å². The predicted octanol–water partition coefficient (Wildman–Crippen LogP) is 4.77. The fraction of sp³-hybridized carbons (Fsp3) is 0.231. The molecule has 0 aliphatic heterocycles. The Labute approximate surface area is 184 Å². The summed E-state index contributed by atoms with van der Waals surface area (Å²) in [4.78, 5) is 9.74. The van der Waals surface area contributed by atoms with E-state index in [-0.39, 0.29) is 0 Å². The molecule has 1 heterocycles. The number of rotatable bonds is 6. The fourth-order valence-electron chi connectivity index (χ4n) is 3.13. The van der Waals surface area contributed by atoms with Crippen LogP contribution in [0.15, 0.2) is 78.9 Å². The zero-order chi connectivity index (χ0) is 22.1. The van der Waals surface area contributed by atoms with Gasteiger partial charge in [-0.2, -0.15) is 0 Å². The van der Waals surface area contributed by atoms with Crippen molar-refractivity contribution in [3.63, 3.8) is 0 Å². The summed E-state index contributed by atoms with van der Waals surface area (Å²) in [6.45, 7) is 7.22. The number of fused-ring (bicyclic) bond motifs is 1. The molecule has 5 heteroatoms. The average molecular weight is 409 g/mol. The first-order valence-corrected chi connectivity index (χ1v) is 10.4. The molecular weight excluding hydrogens is 383 g/mol. The second kappa shape index (κ2) is 8.25. The fourth-order valence-corrected chi connectivity index (χ4v) is 3.13. The Balaban J connectivity index is 1.72. The molecule has 3 aromatic carbocycles. The van der Waals surface area contributed by atoms with Gasteiger partial charge in [-0.25, -0.2) is 9.97 Å². The molecule has 1 aromatic heterocycles. The molecule has 4 rings (SSSR count). The number of aromatic nitrogens is 2. The topological polar surface area (TPSA) is 55.2 Å². The van der Waals surface area contributed by atoms with Crippen molar-refractivity contribution in [2.45, 2.75) is 38.9 Å². The van der Waals surface area contributed by atoms with Gasteiger partial charge in [0.25, 0.3) is 0 Å². The Bertz CT molecular complexity index is 1200. The van der Waals surface area contributed by atoms with Crippen molar-refractivity contribution in [1.82, 2.24) is 9.97 Å². The van der Waals surface area contributed by atoms with Crippen LogP contribution in [0.3, 0.4) is 0 Å². The maximum atomic E-state index is 10.3. The number of hydrogen-bond donors (Lipinski definition) is 1. The highest BCUT2D eigenvalue weighted by molar-refractivity contribution is 6.47. The van der Waals surface area contributed by atoms with Crippen LogP contribution in [0.5, 0.6) is 0 Å². The van der Waals surface area contributed by atoms with Crippen LogP contribution in [-0.2, 0) is 4.65 Å². The first kappa shape index (κ1) is 21.2. The van der Waals surface area contributed by atoms with Gasteiger partial charge in [-0.05, 0) is 33.8 Å². The van der Waals surface area contributed by atoms with Gasteiger partial charge in [-0.3, -0.25) is 0 Å². The molecule has 31 heavy (non-hydrogen) atoms. The third-order valence-electron chi connectivity index (χ3n) is 5.76. The van der Waals surface area contributed by atoms with E-state index in [0.29, 0.717) is 5.82 Å². The summed E-state index contributed by atoms with van der Waals surface area (Å²) in [5.41, 5.74) is 2.94. The maximum absolute atomic E-state index is 10.3. The third-order valence-corrected chi connectivity index (χ3v) is 5.76. The lowest BCUT2D eigenvalue weighted by molar-refractivity contribution is -0.0893. The van der Waals surface area contributed by atoms with E-state index in [1.54, 1.807) is 21.3 Å². The van der Waals surface area contributed by atoms with Crippen LogP contribution in [0, 0.1) is 0 Å². The number of para-hydroxylation sites is 1. The van der Waals surface area contributed by atoms with Gasteiger partial charge in [0.05, 0.1) is 22.4 Å². The SMILES string of the molecule is CC(C)(O)C(C)(C)O[B]c1cccc(-c2nc(-c3ccccc3)c3ccccc3n2)c1. The molecule has 0 spiro atoms. The van der Waals surface area contributed by atoms with Crippen LogP contribution < -0.4 is 5.46 Å². The second-order valence-corrected chi connectivity index (χ2v) is 8.71. The maximum Gasteiger partial charge on any atom is 0.330 e. The first-order chi connectivity index (χ1) is 14.7. The van der Waals surface area contributed by atoms with Gasteiger partial charge in [0.1, 0.15) is 0 Å². The zero-order valence-electron chi connectivity index (χ0n) is 18.3. The largest absolute Gasteiger partial charge is 0.427 e. The number of aliphatic hydroxyl groups is 1. The molecule has 155 valence electrons. The van der Waals surface area contributed by atoms with E-state index < -0.39 is 11.2 Å². The van der Waals surface area contributed by atoms with Gasteiger partial charge in [-0.15, -0.1) is 0 Å². The monoisotopic (exact) mass is 409 g/mol. The van der Waals surface area contributed by atoms with Crippen molar-refractivity contribution < 1.29 is 9.76 Å². The molecule has 0 aliphatic carbocycles. The first-order valence-electron chi connectivity index (χ1n) is 10.4. The summed E-state index contributed by atoms with van der Waals surface area (Å²) in [5, 5.41) is 11.4. The Morgan fingerprint density at radius 2 is 1.45 bits per heavy atom. The summed E-state index contributed by atoms with van der Waals surface area (Å²) >= 11 is 0. The molecule has 0 saturated carbocycles. The highest BCUT2D eigenvalue weighted by atomic mass is 16.5. The minimum Gasteiger partial charge on any atom is -0.427 e. The van der Waals surface area contributed by atoms with Crippen LogP contribution in [-0.4, -0.2) is 33.8 Å². The summed E-state index contributed by atoms with van der Waals surface area (Å²) in [6, 6.07) is 26.2. The average Bonchev–Trinajstić information content (AvgIpc) is 2.77. The quantitative estimate of drug-likeness (QED) is 0.466. The predicted molar refractivity (Wildman–Crippen MR) is 127 cm³/mol. The molecule has 4 nitrogen and oxygen atoms in total. The van der Waals surface area contributed by atoms with E-state index in [4.69, 9.17) is 14.6 Å². The van der Waals surface area contributed by atoms with E-state index in [9.17, 15) is 5.11 Å². The molecule has 0 unspecified atom stereocenters. The van der Waals surface area contributed by atoms with Crippen molar-refractivity contribution in [3.8, 4) is 22.6 Å². The van der Waals surface area contributed by atoms with E-state index in [1.165, 1.54) is 0 Å². The molecule has 4 aromatic rings. The molecule has 0 atom stereocenters. The Morgan fingerprint density at radius 1 is 0.774 bits per heavy atom. The molecule has 0 saturated heterocycles. The normalized spacial score (nSPS) is 12.2. The lowest BCUT2D eigenvalue weighted by Crippen LogP contribution is -2.49. The molecule has 0 fully saturated rings.